The number of hydrogen-bond acceptors (Lipinski definition) is 13. The number of amides is 3. The predicted octanol–water partition coefficient (Wildman–Crippen LogP) is 4.05. The Morgan fingerprint density at radius 1 is 0.881 bits per heavy atom. The van der Waals surface area contributed by atoms with Gasteiger partial charge in [0.15, 0.2) is 17.4 Å². The van der Waals surface area contributed by atoms with Crippen molar-refractivity contribution in [1.82, 2.24) is 49.2 Å². The maximum atomic E-state index is 13.5. The van der Waals surface area contributed by atoms with Gasteiger partial charge in [0.05, 0.1) is 42.4 Å². The monoisotopic (exact) mass is 803 g/mol. The van der Waals surface area contributed by atoms with E-state index in [-0.39, 0.29) is 29.4 Å². The molecule has 6 heterocycles. The zero-order chi connectivity index (χ0) is 41.8. The van der Waals surface area contributed by atoms with Gasteiger partial charge in [-0.05, 0) is 51.6 Å². The minimum Gasteiger partial charge on any atom is -0.491 e. The van der Waals surface area contributed by atoms with Crippen LogP contribution in [0.25, 0.3) is 44.6 Å². The Morgan fingerprint density at radius 2 is 1.66 bits per heavy atom. The van der Waals surface area contributed by atoms with Crippen LogP contribution in [0.1, 0.15) is 68.8 Å². The number of allylic oxidation sites excluding steroid dienone is 2. The highest BCUT2D eigenvalue weighted by atomic mass is 16.5. The number of anilines is 1. The highest BCUT2D eigenvalue weighted by Crippen LogP contribution is 2.36. The van der Waals surface area contributed by atoms with Crippen LogP contribution in [0.4, 0.5) is 5.95 Å². The van der Waals surface area contributed by atoms with Crippen LogP contribution in [-0.4, -0.2) is 88.5 Å². The number of oxazole rings is 1. The van der Waals surface area contributed by atoms with Gasteiger partial charge in [-0.15, -0.1) is 0 Å². The molecule has 6 N–H and O–H groups in total. The second-order valence-electron chi connectivity index (χ2n) is 13.6. The quantitative estimate of drug-likeness (QED) is 0.0544. The Labute approximate surface area is 337 Å². The minimum absolute atomic E-state index is 0.0813. The average molecular weight is 804 g/mol. The van der Waals surface area contributed by atoms with E-state index in [9.17, 15) is 14.4 Å². The van der Waals surface area contributed by atoms with E-state index in [0.717, 1.165) is 11.4 Å². The first-order valence-electron chi connectivity index (χ1n) is 19.1. The van der Waals surface area contributed by atoms with Crippen LogP contribution in [0.5, 0.6) is 5.75 Å². The van der Waals surface area contributed by atoms with Gasteiger partial charge in [0.2, 0.25) is 23.5 Å². The topological polar surface area (TPSA) is 251 Å². The molecule has 19 heteroatoms. The third kappa shape index (κ3) is 8.23. The summed E-state index contributed by atoms with van der Waals surface area (Å²) in [6.45, 7) is 9.77. The number of pyridine rings is 1. The van der Waals surface area contributed by atoms with E-state index in [1.165, 1.54) is 12.3 Å². The van der Waals surface area contributed by atoms with Crippen LogP contribution in [-0.2, 0) is 30.8 Å². The van der Waals surface area contributed by atoms with Gasteiger partial charge in [0.25, 0.3) is 5.91 Å². The fourth-order valence-electron chi connectivity index (χ4n) is 6.82. The molecule has 19 nitrogen and oxygen atoms in total. The molecule has 0 aliphatic heterocycles. The number of fused-ring (bicyclic) bond motifs is 4. The van der Waals surface area contributed by atoms with Crippen molar-refractivity contribution in [1.29, 1.82) is 0 Å². The van der Waals surface area contributed by atoms with Crippen molar-refractivity contribution in [3.8, 4) is 17.3 Å². The SMILES string of the molecule is CCc1nc(C)oc1C(=O)Nc1nc2cc(C(N)=O)cnc2n1C/C=C/Cn1c2nc(-c3cc(C)nn3CC)ncc2c2cc(C(N)=O)cc(OCCCOCNC)c21. The second kappa shape index (κ2) is 17.2. The summed E-state index contributed by atoms with van der Waals surface area (Å²) in [6.07, 6.45) is 8.01. The van der Waals surface area contributed by atoms with E-state index in [1.807, 2.05) is 48.2 Å². The molecule has 0 aliphatic carbocycles. The summed E-state index contributed by atoms with van der Waals surface area (Å²) >= 11 is 0. The van der Waals surface area contributed by atoms with E-state index in [0.29, 0.717) is 102 Å². The van der Waals surface area contributed by atoms with Crippen molar-refractivity contribution in [3.05, 3.63) is 83.0 Å². The van der Waals surface area contributed by atoms with Crippen molar-refractivity contribution in [2.75, 3.05) is 32.3 Å². The molecule has 0 fully saturated rings. The Morgan fingerprint density at radius 3 is 2.39 bits per heavy atom. The number of imidazole rings is 1. The van der Waals surface area contributed by atoms with Crippen LogP contribution in [0.15, 0.2) is 53.2 Å². The Hall–Kier alpha value is -6.99. The summed E-state index contributed by atoms with van der Waals surface area (Å²) in [5.41, 5.74) is 15.9. The molecule has 0 atom stereocenters. The minimum atomic E-state index is -0.662. The first-order chi connectivity index (χ1) is 28.5. The zero-order valence-electron chi connectivity index (χ0n) is 33.4. The lowest BCUT2D eigenvalue weighted by Gasteiger charge is -2.12. The lowest BCUT2D eigenvalue weighted by Crippen LogP contribution is -2.17. The van der Waals surface area contributed by atoms with E-state index < -0.39 is 17.7 Å². The number of benzene rings is 1. The van der Waals surface area contributed by atoms with E-state index >= 15 is 0 Å². The maximum Gasteiger partial charge on any atom is 0.295 e. The largest absolute Gasteiger partial charge is 0.491 e. The molecule has 0 saturated carbocycles. The van der Waals surface area contributed by atoms with Crippen molar-refractivity contribution in [2.45, 2.75) is 60.2 Å². The summed E-state index contributed by atoms with van der Waals surface area (Å²) in [4.78, 5) is 61.3. The zero-order valence-corrected chi connectivity index (χ0v) is 33.4. The molecule has 6 aromatic heterocycles. The van der Waals surface area contributed by atoms with Crippen molar-refractivity contribution in [2.24, 2.45) is 11.5 Å². The Balaban J connectivity index is 1.29. The predicted molar refractivity (Wildman–Crippen MR) is 219 cm³/mol. The molecule has 306 valence electrons. The van der Waals surface area contributed by atoms with E-state index in [2.05, 4.69) is 30.7 Å². The van der Waals surface area contributed by atoms with Crippen LogP contribution >= 0.6 is 0 Å². The van der Waals surface area contributed by atoms with Crippen LogP contribution < -0.4 is 26.8 Å². The van der Waals surface area contributed by atoms with Gasteiger partial charge in [-0.25, -0.2) is 24.9 Å². The molecule has 7 rings (SSSR count). The first kappa shape index (κ1) is 40.2. The lowest BCUT2D eigenvalue weighted by atomic mass is 10.1. The number of nitrogens with two attached hydrogens (primary N) is 2. The van der Waals surface area contributed by atoms with Crippen LogP contribution in [0.3, 0.4) is 0 Å². The van der Waals surface area contributed by atoms with Crippen molar-refractivity contribution >= 4 is 56.8 Å². The molecular weight excluding hydrogens is 759 g/mol. The number of carbonyl (C=O) groups excluding carboxylic acids is 3. The van der Waals surface area contributed by atoms with E-state index in [4.69, 9.17) is 35.3 Å². The second-order valence-corrected chi connectivity index (χ2v) is 13.6. The summed E-state index contributed by atoms with van der Waals surface area (Å²) < 4.78 is 23.1. The van der Waals surface area contributed by atoms with Crippen molar-refractivity contribution in [3.63, 3.8) is 0 Å². The molecule has 0 radical (unpaired) electrons. The number of primary amides is 2. The number of nitrogens with one attached hydrogen (secondary N) is 2. The van der Waals surface area contributed by atoms with E-state index in [1.54, 1.807) is 36.9 Å². The molecule has 3 amide bonds. The number of aryl methyl sites for hydroxylation is 4. The maximum absolute atomic E-state index is 13.5. The van der Waals surface area contributed by atoms with Gasteiger partial charge < -0.3 is 29.9 Å². The van der Waals surface area contributed by atoms with Gasteiger partial charge in [-0.2, -0.15) is 5.10 Å². The van der Waals surface area contributed by atoms with Gasteiger partial charge >= 0.3 is 0 Å². The number of ether oxygens (including phenoxy) is 2. The molecular formula is C40H45N13O6. The number of nitrogens with zero attached hydrogens (tertiary/aromatic N) is 9. The molecule has 0 unspecified atom stereocenters. The molecule has 1 aromatic carbocycles. The summed E-state index contributed by atoms with van der Waals surface area (Å²) in [5, 5.41) is 11.8. The van der Waals surface area contributed by atoms with Crippen LogP contribution in [0, 0.1) is 13.8 Å². The Kier molecular flexibility index (Phi) is 11.8. The fourth-order valence-corrected chi connectivity index (χ4v) is 6.82. The lowest BCUT2D eigenvalue weighted by molar-refractivity contribution is 0.0987. The third-order valence-corrected chi connectivity index (χ3v) is 9.49. The number of carbonyl (C=O) groups is 3. The average Bonchev–Trinajstić information content (AvgIpc) is 3.98. The molecule has 7 aromatic rings. The third-order valence-electron chi connectivity index (χ3n) is 9.49. The fraction of sp³-hybridized carbons (Fsp3) is 0.325. The number of aromatic nitrogens is 9. The van der Waals surface area contributed by atoms with Gasteiger partial charge in [-0.1, -0.05) is 19.1 Å². The highest BCUT2D eigenvalue weighted by molar-refractivity contribution is 6.12. The van der Waals surface area contributed by atoms with Gasteiger partial charge in [-0.3, -0.25) is 34.3 Å². The molecule has 0 aliphatic rings. The molecule has 0 bridgehead atoms. The highest BCUT2D eigenvalue weighted by Gasteiger charge is 2.23. The van der Waals surface area contributed by atoms with Crippen LogP contribution in [0.2, 0.25) is 0 Å². The molecule has 0 spiro atoms. The standard InChI is InChI=1S/C40H45N13O6/c1-6-28-33(59-23(4)46-28)39(56)49-40-47-29-17-25(35(42)55)19-45-38(29)52(40)12-9-8-11-51-32-26(16-24(34(41)54)18-31(32)58-14-10-13-57-21-43-5)27-20-44-36(48-37(27)51)30-15-22(3)50-53(30)7-2/h8-9,15-20,43H,6-7,10-14,21H2,1-5H3,(H2,41,54)(H2,42,55)(H,47,49,56)/b9-8+. The summed E-state index contributed by atoms with van der Waals surface area (Å²) in [5.74, 6) is -0.259. The smallest absolute Gasteiger partial charge is 0.295 e. The number of hydrogen-bond donors (Lipinski definition) is 4. The number of rotatable bonds is 18. The van der Waals surface area contributed by atoms with Gasteiger partial charge in [0.1, 0.15) is 22.6 Å². The summed E-state index contributed by atoms with van der Waals surface area (Å²) in [7, 11) is 1.80. The van der Waals surface area contributed by atoms with Gasteiger partial charge in [0, 0.05) is 61.7 Å². The molecule has 59 heavy (non-hydrogen) atoms. The summed E-state index contributed by atoms with van der Waals surface area (Å²) in [6, 6.07) is 6.82. The molecule has 0 saturated heterocycles. The Bertz CT molecular complexity index is 2740. The first-order valence-corrected chi connectivity index (χ1v) is 19.1. The normalized spacial score (nSPS) is 11.7. The van der Waals surface area contributed by atoms with Crippen molar-refractivity contribution < 1.29 is 28.3 Å².